The Balaban J connectivity index is 2.02. The summed E-state index contributed by atoms with van der Waals surface area (Å²) < 4.78 is 15.7. The average molecular weight is 714 g/mol. The van der Waals surface area contributed by atoms with Crippen LogP contribution in [0.25, 0.3) is 0 Å². The Morgan fingerprint density at radius 3 is 2.02 bits per heavy atom. The van der Waals surface area contributed by atoms with Crippen LogP contribution < -0.4 is 21.4 Å². The summed E-state index contributed by atoms with van der Waals surface area (Å²) in [4.78, 5) is 72.4. The molecule has 1 aliphatic rings. The second-order valence-electron chi connectivity index (χ2n) is 13.7. The van der Waals surface area contributed by atoms with Crippen molar-refractivity contribution in [2.45, 2.75) is 96.9 Å². The van der Waals surface area contributed by atoms with Gasteiger partial charge in [0.2, 0.25) is 5.91 Å². The fourth-order valence-electron chi connectivity index (χ4n) is 6.14. The lowest BCUT2D eigenvalue weighted by Crippen LogP contribution is -2.60. The van der Waals surface area contributed by atoms with Crippen molar-refractivity contribution in [1.82, 2.24) is 36.4 Å². The SMILES string of the molecule is COC(=O)NC(C(=O)NC(Cc1ccccc1)C(CN(CC1CCCCC1)NC(=O)C(NC(=O)OC)C(C)C)OC(=O)Cc1cnc[nH]1)C(C)C. The van der Waals surface area contributed by atoms with Crippen molar-refractivity contribution >= 4 is 30.0 Å². The van der Waals surface area contributed by atoms with Crippen molar-refractivity contribution in [3.05, 3.63) is 54.1 Å². The summed E-state index contributed by atoms with van der Waals surface area (Å²) in [6.07, 6.45) is 5.86. The number of nitrogens with zero attached hydrogens (tertiary/aromatic N) is 2. The summed E-state index contributed by atoms with van der Waals surface area (Å²) in [5, 5.41) is 10.0. The Bertz CT molecular complexity index is 1380. The number of amides is 4. The number of esters is 1. The molecule has 1 heterocycles. The highest BCUT2D eigenvalue weighted by Gasteiger charge is 2.35. The van der Waals surface area contributed by atoms with Gasteiger partial charge in [0, 0.05) is 18.4 Å². The maximum absolute atomic E-state index is 13.9. The summed E-state index contributed by atoms with van der Waals surface area (Å²) in [5.74, 6) is -1.84. The smallest absolute Gasteiger partial charge is 0.407 e. The van der Waals surface area contributed by atoms with E-state index in [1.165, 1.54) is 26.7 Å². The first kappa shape index (κ1) is 40.8. The lowest BCUT2D eigenvalue weighted by molar-refractivity contribution is -0.153. The fraction of sp³-hybridized carbons (Fsp3) is 0.611. The average Bonchev–Trinajstić information content (AvgIpc) is 3.62. The van der Waals surface area contributed by atoms with Gasteiger partial charge in [0.05, 0.1) is 39.6 Å². The van der Waals surface area contributed by atoms with Gasteiger partial charge >= 0.3 is 18.2 Å². The van der Waals surface area contributed by atoms with Crippen LogP contribution in [0.2, 0.25) is 0 Å². The first-order valence-electron chi connectivity index (χ1n) is 17.7. The molecule has 282 valence electrons. The summed E-state index contributed by atoms with van der Waals surface area (Å²) >= 11 is 0. The third-order valence-electron chi connectivity index (χ3n) is 8.94. The van der Waals surface area contributed by atoms with Crippen molar-refractivity contribution in [3.8, 4) is 0 Å². The number of rotatable bonds is 18. The van der Waals surface area contributed by atoms with E-state index in [1.54, 1.807) is 18.9 Å². The second kappa shape index (κ2) is 20.9. The Hall–Kier alpha value is -4.66. The van der Waals surface area contributed by atoms with Crippen LogP contribution in [-0.4, -0.2) is 96.5 Å². The van der Waals surface area contributed by atoms with Gasteiger partial charge in [-0.25, -0.2) is 19.6 Å². The Labute approximate surface area is 300 Å². The first-order valence-corrected chi connectivity index (χ1v) is 17.7. The summed E-state index contributed by atoms with van der Waals surface area (Å²) in [6.45, 7) is 7.67. The molecule has 51 heavy (non-hydrogen) atoms. The van der Waals surface area contributed by atoms with Gasteiger partial charge in [-0.05, 0) is 42.6 Å². The van der Waals surface area contributed by atoms with Gasteiger partial charge in [0.1, 0.15) is 18.2 Å². The number of aromatic nitrogens is 2. The largest absolute Gasteiger partial charge is 0.458 e. The molecule has 2 aromatic rings. The van der Waals surface area contributed by atoms with Crippen molar-refractivity contribution < 1.29 is 38.2 Å². The molecule has 3 rings (SSSR count). The zero-order chi connectivity index (χ0) is 37.3. The predicted octanol–water partition coefficient (Wildman–Crippen LogP) is 3.27. The van der Waals surface area contributed by atoms with Gasteiger partial charge < -0.3 is 35.1 Å². The summed E-state index contributed by atoms with van der Waals surface area (Å²) in [5.41, 5.74) is 4.41. The number of hydrazine groups is 1. The highest BCUT2D eigenvalue weighted by Crippen LogP contribution is 2.25. The van der Waals surface area contributed by atoms with Crippen molar-refractivity contribution in [2.75, 3.05) is 27.3 Å². The highest BCUT2D eigenvalue weighted by atomic mass is 16.5. The third kappa shape index (κ3) is 13.9. The number of aromatic amines is 1. The second-order valence-corrected chi connectivity index (χ2v) is 13.7. The molecular formula is C36H55N7O8. The molecule has 0 bridgehead atoms. The molecule has 1 saturated carbocycles. The minimum atomic E-state index is -0.981. The normalized spacial score (nSPS) is 15.7. The van der Waals surface area contributed by atoms with E-state index in [-0.39, 0.29) is 37.1 Å². The standard InChI is InChI=1S/C36H55N7O8/c1-23(2)31(40-35(47)49-5)33(45)39-28(17-25-13-9-7-10-14-25)29(51-30(44)18-27-19-37-22-38-27)21-43(20-26-15-11-8-12-16-26)42-34(46)32(24(3)4)41-36(48)50-6/h7,9-10,13-14,19,22-24,26,28-29,31-32H,8,11-12,15-18,20-21H2,1-6H3,(H,37,38)(H,39,45)(H,40,47)(H,41,48)(H,42,46). The zero-order valence-electron chi connectivity index (χ0n) is 30.6. The van der Waals surface area contributed by atoms with Crippen LogP contribution in [0.1, 0.15) is 71.1 Å². The molecular weight excluding hydrogens is 658 g/mol. The lowest BCUT2D eigenvalue weighted by atomic mass is 9.89. The number of carbonyl (C=O) groups excluding carboxylic acids is 5. The van der Waals surface area contributed by atoms with Crippen LogP contribution in [0.15, 0.2) is 42.9 Å². The predicted molar refractivity (Wildman–Crippen MR) is 189 cm³/mol. The number of imidazole rings is 1. The zero-order valence-corrected chi connectivity index (χ0v) is 30.6. The molecule has 4 atom stereocenters. The Kier molecular flexibility index (Phi) is 16.7. The summed E-state index contributed by atoms with van der Waals surface area (Å²) in [6, 6.07) is 6.77. The fourth-order valence-corrected chi connectivity index (χ4v) is 6.14. The molecule has 15 heteroatoms. The number of ether oxygens (including phenoxy) is 3. The third-order valence-corrected chi connectivity index (χ3v) is 8.94. The quantitative estimate of drug-likeness (QED) is 0.0870. The van der Waals surface area contributed by atoms with Crippen LogP contribution >= 0.6 is 0 Å². The van der Waals surface area contributed by atoms with E-state index in [2.05, 4.69) is 31.3 Å². The summed E-state index contributed by atoms with van der Waals surface area (Å²) in [7, 11) is 2.45. The molecule has 1 aromatic heterocycles. The molecule has 4 unspecified atom stereocenters. The van der Waals surface area contributed by atoms with Crippen LogP contribution in [-0.2, 0) is 41.4 Å². The van der Waals surface area contributed by atoms with Crippen LogP contribution in [0.4, 0.5) is 9.59 Å². The molecule has 15 nitrogen and oxygen atoms in total. The van der Waals surface area contributed by atoms with Gasteiger partial charge in [0.25, 0.3) is 5.91 Å². The number of H-pyrrole nitrogens is 1. The monoisotopic (exact) mass is 713 g/mol. The van der Waals surface area contributed by atoms with Crippen molar-refractivity contribution in [2.24, 2.45) is 17.8 Å². The number of alkyl carbamates (subject to hydrolysis) is 2. The van der Waals surface area contributed by atoms with E-state index in [1.807, 2.05) is 44.2 Å². The van der Waals surface area contributed by atoms with Gasteiger partial charge in [-0.15, -0.1) is 0 Å². The molecule has 0 radical (unpaired) electrons. The minimum Gasteiger partial charge on any atom is -0.458 e. The molecule has 1 fully saturated rings. The van der Waals surface area contributed by atoms with Gasteiger partial charge in [-0.2, -0.15) is 0 Å². The minimum absolute atomic E-state index is 0.00848. The Morgan fingerprint density at radius 1 is 0.863 bits per heavy atom. The molecule has 0 saturated heterocycles. The van der Waals surface area contributed by atoms with Crippen LogP contribution in [0, 0.1) is 17.8 Å². The van der Waals surface area contributed by atoms with E-state index in [0.717, 1.165) is 37.7 Å². The van der Waals surface area contributed by atoms with Crippen molar-refractivity contribution in [3.63, 3.8) is 0 Å². The number of methoxy groups -OCH3 is 2. The maximum Gasteiger partial charge on any atom is 0.407 e. The topological polar surface area (TPSA) is 193 Å². The van der Waals surface area contributed by atoms with E-state index in [9.17, 15) is 24.0 Å². The van der Waals surface area contributed by atoms with E-state index in [4.69, 9.17) is 14.2 Å². The lowest BCUT2D eigenvalue weighted by Gasteiger charge is -2.36. The number of nitrogens with one attached hydrogen (secondary N) is 5. The highest BCUT2D eigenvalue weighted by molar-refractivity contribution is 5.86. The van der Waals surface area contributed by atoms with Crippen LogP contribution in [0.3, 0.4) is 0 Å². The van der Waals surface area contributed by atoms with E-state index >= 15 is 0 Å². The number of hydrogen-bond donors (Lipinski definition) is 5. The molecule has 4 amide bonds. The maximum atomic E-state index is 13.9. The molecule has 1 aliphatic carbocycles. The molecule has 5 N–H and O–H groups in total. The molecule has 0 aliphatic heterocycles. The van der Waals surface area contributed by atoms with E-state index in [0.29, 0.717) is 12.2 Å². The van der Waals surface area contributed by atoms with Gasteiger partial charge in [-0.1, -0.05) is 77.3 Å². The first-order chi connectivity index (χ1) is 24.4. The van der Waals surface area contributed by atoms with Crippen molar-refractivity contribution in [1.29, 1.82) is 0 Å². The molecule has 1 aromatic carbocycles. The number of carbonyl (C=O) groups is 5. The van der Waals surface area contributed by atoms with Gasteiger partial charge in [-0.3, -0.25) is 19.8 Å². The van der Waals surface area contributed by atoms with E-state index < -0.39 is 54.2 Å². The number of hydrogen-bond acceptors (Lipinski definition) is 10. The van der Waals surface area contributed by atoms with Crippen LogP contribution in [0.5, 0.6) is 0 Å². The van der Waals surface area contributed by atoms with Gasteiger partial charge in [0.15, 0.2) is 0 Å². The number of benzene rings is 1. The Morgan fingerprint density at radius 2 is 1.47 bits per heavy atom. The molecule has 0 spiro atoms.